The highest BCUT2D eigenvalue weighted by atomic mass is 32.2. The molecule has 29 heavy (non-hydrogen) atoms. The van der Waals surface area contributed by atoms with E-state index in [0.29, 0.717) is 17.5 Å². The molecule has 1 aromatic carbocycles. The van der Waals surface area contributed by atoms with Crippen LogP contribution in [0.1, 0.15) is 43.7 Å². The number of nitrogens with zero attached hydrogens (tertiary/aromatic N) is 4. The van der Waals surface area contributed by atoms with Crippen molar-refractivity contribution in [3.05, 3.63) is 48.3 Å². The molecule has 6 nitrogen and oxygen atoms in total. The summed E-state index contributed by atoms with van der Waals surface area (Å²) >= 11 is 1.72. The van der Waals surface area contributed by atoms with Crippen molar-refractivity contribution >= 4 is 11.8 Å². The lowest BCUT2D eigenvalue weighted by Crippen LogP contribution is -2.15. The van der Waals surface area contributed by atoms with Crippen molar-refractivity contribution in [2.45, 2.75) is 49.1 Å². The van der Waals surface area contributed by atoms with Gasteiger partial charge in [0.1, 0.15) is 0 Å². The van der Waals surface area contributed by atoms with E-state index < -0.39 is 0 Å². The first-order valence-corrected chi connectivity index (χ1v) is 11.0. The summed E-state index contributed by atoms with van der Waals surface area (Å²) in [7, 11) is 3.30. The normalized spacial score (nSPS) is 14.7. The molecule has 0 N–H and O–H groups in total. The van der Waals surface area contributed by atoms with Gasteiger partial charge >= 0.3 is 0 Å². The van der Waals surface area contributed by atoms with Crippen molar-refractivity contribution in [2.75, 3.05) is 14.2 Å². The highest BCUT2D eigenvalue weighted by Gasteiger charge is 2.24. The van der Waals surface area contributed by atoms with Crippen LogP contribution < -0.4 is 9.47 Å². The Morgan fingerprint density at radius 3 is 2.59 bits per heavy atom. The number of thioether (sulfide) groups is 1. The lowest BCUT2D eigenvalue weighted by atomic mass is 9.95. The molecule has 0 bridgehead atoms. The molecule has 0 aliphatic heterocycles. The summed E-state index contributed by atoms with van der Waals surface area (Å²) in [4.78, 5) is 4.22. The van der Waals surface area contributed by atoms with Crippen LogP contribution >= 0.6 is 11.8 Å². The lowest BCUT2D eigenvalue weighted by Gasteiger charge is -2.25. The largest absolute Gasteiger partial charge is 0.493 e. The Morgan fingerprint density at radius 2 is 1.86 bits per heavy atom. The van der Waals surface area contributed by atoms with Crippen LogP contribution in [0.3, 0.4) is 0 Å². The quantitative estimate of drug-likeness (QED) is 0.502. The molecule has 0 amide bonds. The minimum Gasteiger partial charge on any atom is -0.493 e. The van der Waals surface area contributed by atoms with Crippen LogP contribution in [0, 0.1) is 0 Å². The van der Waals surface area contributed by atoms with Gasteiger partial charge in [-0.3, -0.25) is 9.55 Å². The summed E-state index contributed by atoms with van der Waals surface area (Å²) in [6, 6.07) is 10.4. The van der Waals surface area contributed by atoms with Crippen LogP contribution in [-0.2, 0) is 5.75 Å². The highest BCUT2D eigenvalue weighted by Crippen LogP contribution is 2.38. The number of rotatable bonds is 7. The second-order valence-electron chi connectivity index (χ2n) is 7.19. The molecule has 2 heterocycles. The van der Waals surface area contributed by atoms with Crippen molar-refractivity contribution in [3.8, 4) is 22.9 Å². The minimum atomic E-state index is 0.429. The number of hydrogen-bond donors (Lipinski definition) is 0. The third-order valence-corrected chi connectivity index (χ3v) is 6.35. The molecule has 3 aromatic rings. The first kappa shape index (κ1) is 19.8. The molecule has 0 spiro atoms. The summed E-state index contributed by atoms with van der Waals surface area (Å²) in [6.45, 7) is 0. The van der Waals surface area contributed by atoms with Crippen LogP contribution in [0.25, 0.3) is 11.4 Å². The van der Waals surface area contributed by atoms with Crippen molar-refractivity contribution in [2.24, 2.45) is 0 Å². The van der Waals surface area contributed by atoms with E-state index in [1.807, 2.05) is 30.5 Å². The Labute approximate surface area is 175 Å². The van der Waals surface area contributed by atoms with Crippen LogP contribution in [0.2, 0.25) is 0 Å². The maximum atomic E-state index is 5.50. The molecule has 0 saturated heterocycles. The topological polar surface area (TPSA) is 62.1 Å². The maximum absolute atomic E-state index is 5.50. The first-order valence-electron chi connectivity index (χ1n) is 9.99. The van der Waals surface area contributed by atoms with E-state index in [4.69, 9.17) is 9.47 Å². The third kappa shape index (κ3) is 4.40. The van der Waals surface area contributed by atoms with Gasteiger partial charge in [-0.25, -0.2) is 0 Å². The number of benzene rings is 1. The molecule has 7 heteroatoms. The van der Waals surface area contributed by atoms with Crippen LogP contribution in [0.15, 0.2) is 47.9 Å². The third-order valence-electron chi connectivity index (χ3n) is 5.34. The molecule has 2 aromatic heterocycles. The van der Waals surface area contributed by atoms with Crippen molar-refractivity contribution < 1.29 is 9.47 Å². The van der Waals surface area contributed by atoms with E-state index in [9.17, 15) is 0 Å². The average Bonchev–Trinajstić information content (AvgIpc) is 3.22. The summed E-state index contributed by atoms with van der Waals surface area (Å²) in [5, 5.41) is 10.1. The van der Waals surface area contributed by atoms with Gasteiger partial charge in [-0.2, -0.15) is 0 Å². The number of ether oxygens (including phenoxy) is 2. The molecule has 0 atom stereocenters. The van der Waals surface area contributed by atoms with E-state index in [1.54, 1.807) is 32.2 Å². The summed E-state index contributed by atoms with van der Waals surface area (Å²) < 4.78 is 13.2. The van der Waals surface area contributed by atoms with Crippen LogP contribution in [-0.4, -0.2) is 34.0 Å². The van der Waals surface area contributed by atoms with E-state index in [1.165, 1.54) is 37.7 Å². The Morgan fingerprint density at radius 1 is 1.03 bits per heavy atom. The first-order chi connectivity index (χ1) is 14.3. The van der Waals surface area contributed by atoms with E-state index in [2.05, 4.69) is 25.8 Å². The van der Waals surface area contributed by atoms with Gasteiger partial charge in [0, 0.05) is 29.8 Å². The molecule has 4 rings (SSSR count). The zero-order valence-corrected chi connectivity index (χ0v) is 17.7. The van der Waals surface area contributed by atoms with E-state index >= 15 is 0 Å². The van der Waals surface area contributed by atoms with Crippen molar-refractivity contribution in [3.63, 3.8) is 0 Å². The number of hydrogen-bond acceptors (Lipinski definition) is 6. The standard InChI is InChI=1S/C22H26N4O2S/c1-27-19-11-10-17(13-20(19)28-2)21-24-25-22(26(21)18-8-4-3-5-9-18)29-15-16-7-6-12-23-14-16/h6-7,10-14,18H,3-5,8-9,15H2,1-2H3. The number of methoxy groups -OCH3 is 2. The van der Waals surface area contributed by atoms with E-state index in [-0.39, 0.29) is 0 Å². The Kier molecular flexibility index (Phi) is 6.34. The maximum Gasteiger partial charge on any atom is 0.192 e. The smallest absolute Gasteiger partial charge is 0.192 e. The van der Waals surface area contributed by atoms with Crippen molar-refractivity contribution in [1.82, 2.24) is 19.7 Å². The zero-order valence-electron chi connectivity index (χ0n) is 16.9. The predicted molar refractivity (Wildman–Crippen MR) is 114 cm³/mol. The zero-order chi connectivity index (χ0) is 20.1. The fourth-order valence-corrected chi connectivity index (χ4v) is 4.79. The van der Waals surface area contributed by atoms with Crippen LogP contribution in [0.4, 0.5) is 0 Å². The molecule has 0 radical (unpaired) electrons. The Bertz CT molecular complexity index is 939. The van der Waals surface area contributed by atoms with Gasteiger partial charge in [0.2, 0.25) is 0 Å². The Hall–Kier alpha value is -2.54. The van der Waals surface area contributed by atoms with Gasteiger partial charge in [-0.15, -0.1) is 10.2 Å². The fourth-order valence-electron chi connectivity index (χ4n) is 3.85. The van der Waals surface area contributed by atoms with Gasteiger partial charge in [0.15, 0.2) is 22.5 Å². The van der Waals surface area contributed by atoms with Crippen molar-refractivity contribution in [1.29, 1.82) is 0 Å². The molecule has 1 aliphatic rings. The molecular formula is C22H26N4O2S. The SMILES string of the molecule is COc1ccc(-c2nnc(SCc3cccnc3)n2C2CCCCC2)cc1OC. The average molecular weight is 411 g/mol. The van der Waals surface area contributed by atoms with Gasteiger partial charge in [-0.1, -0.05) is 37.1 Å². The second kappa shape index (κ2) is 9.31. The summed E-state index contributed by atoms with van der Waals surface area (Å²) in [5.74, 6) is 3.13. The van der Waals surface area contributed by atoms with Gasteiger partial charge in [0.25, 0.3) is 0 Å². The second-order valence-corrected chi connectivity index (χ2v) is 8.13. The van der Waals surface area contributed by atoms with Gasteiger partial charge in [0.05, 0.1) is 14.2 Å². The Balaban J connectivity index is 1.69. The fraction of sp³-hybridized carbons (Fsp3) is 0.409. The number of pyridine rings is 1. The molecule has 1 fully saturated rings. The minimum absolute atomic E-state index is 0.429. The molecule has 1 saturated carbocycles. The summed E-state index contributed by atoms with van der Waals surface area (Å²) in [6.07, 6.45) is 9.85. The monoisotopic (exact) mass is 410 g/mol. The lowest BCUT2D eigenvalue weighted by molar-refractivity contribution is 0.339. The predicted octanol–water partition coefficient (Wildman–Crippen LogP) is 5.15. The summed E-state index contributed by atoms with van der Waals surface area (Å²) in [5.41, 5.74) is 2.18. The van der Waals surface area contributed by atoms with Gasteiger partial charge in [-0.05, 0) is 42.7 Å². The van der Waals surface area contributed by atoms with E-state index in [0.717, 1.165) is 22.3 Å². The van der Waals surface area contributed by atoms with Gasteiger partial charge < -0.3 is 9.47 Å². The number of aromatic nitrogens is 4. The molecule has 1 aliphatic carbocycles. The molecule has 0 unspecified atom stereocenters. The molecule has 152 valence electrons. The van der Waals surface area contributed by atoms with Crippen LogP contribution in [0.5, 0.6) is 11.5 Å². The highest BCUT2D eigenvalue weighted by molar-refractivity contribution is 7.98. The molecular weight excluding hydrogens is 384 g/mol.